The predicted octanol–water partition coefficient (Wildman–Crippen LogP) is 2.36. The summed E-state index contributed by atoms with van der Waals surface area (Å²) in [4.78, 5) is 19.6. The van der Waals surface area contributed by atoms with E-state index < -0.39 is 0 Å². The van der Waals surface area contributed by atoms with Gasteiger partial charge in [-0.1, -0.05) is 6.07 Å². The zero-order valence-electron chi connectivity index (χ0n) is 13.6. The summed E-state index contributed by atoms with van der Waals surface area (Å²) < 4.78 is 1.65. The normalized spacial score (nSPS) is 12.3. The van der Waals surface area contributed by atoms with Crippen LogP contribution in [0.5, 0.6) is 0 Å². The Hall–Kier alpha value is -2.51. The molecule has 0 fully saturated rings. The minimum atomic E-state index is -0.0800. The lowest BCUT2D eigenvalue weighted by Crippen LogP contribution is -2.34. The summed E-state index contributed by atoms with van der Waals surface area (Å²) in [5.74, 6) is -0.0800. The third kappa shape index (κ3) is 3.69. The van der Waals surface area contributed by atoms with Gasteiger partial charge in [0, 0.05) is 17.0 Å². The maximum Gasteiger partial charge on any atom is 0.251 e. The number of benzene rings is 1. The fourth-order valence-corrected chi connectivity index (χ4v) is 3.34. The Morgan fingerprint density at radius 2 is 2.08 bits per heavy atom. The van der Waals surface area contributed by atoms with Crippen LogP contribution in [0.1, 0.15) is 21.3 Å². The van der Waals surface area contributed by atoms with Crippen molar-refractivity contribution in [2.24, 2.45) is 0 Å². The number of amides is 1. The van der Waals surface area contributed by atoms with Crippen LogP contribution in [0.25, 0.3) is 5.69 Å². The second-order valence-electron chi connectivity index (χ2n) is 5.59. The van der Waals surface area contributed by atoms with Crippen LogP contribution in [0.15, 0.2) is 54.4 Å². The predicted molar refractivity (Wildman–Crippen MR) is 94.4 cm³/mol. The molecule has 2 aromatic heterocycles. The number of hydrogen-bond acceptors (Lipinski definition) is 5. The van der Waals surface area contributed by atoms with Crippen LogP contribution in [0.4, 0.5) is 0 Å². The zero-order chi connectivity index (χ0) is 16.9. The summed E-state index contributed by atoms with van der Waals surface area (Å²) >= 11 is 1.70. The van der Waals surface area contributed by atoms with Gasteiger partial charge in [-0.15, -0.1) is 11.3 Å². The Morgan fingerprint density at radius 3 is 2.67 bits per heavy atom. The van der Waals surface area contributed by atoms with Crippen LogP contribution in [0.2, 0.25) is 0 Å². The number of likely N-dealkylation sites (N-methyl/N-ethyl adjacent to an activating group) is 1. The average molecular weight is 341 g/mol. The molecule has 2 heterocycles. The van der Waals surface area contributed by atoms with Crippen LogP contribution in [-0.4, -0.2) is 46.2 Å². The van der Waals surface area contributed by atoms with E-state index in [1.807, 2.05) is 32.3 Å². The zero-order valence-corrected chi connectivity index (χ0v) is 14.4. The van der Waals surface area contributed by atoms with Gasteiger partial charge in [0.2, 0.25) is 0 Å². The number of aromatic nitrogens is 3. The number of hydrogen-bond donors (Lipinski definition) is 1. The summed E-state index contributed by atoms with van der Waals surface area (Å²) in [6.07, 6.45) is 3.10. The van der Waals surface area contributed by atoms with Gasteiger partial charge in [-0.3, -0.25) is 4.79 Å². The first-order chi connectivity index (χ1) is 11.6. The molecule has 6 nitrogen and oxygen atoms in total. The SMILES string of the molecule is CN(C)C(CNC(=O)c1ccc(-n2cncn2)cc1)c1cccs1. The first-order valence-corrected chi connectivity index (χ1v) is 8.46. The van der Waals surface area contributed by atoms with E-state index in [9.17, 15) is 4.79 Å². The molecule has 0 spiro atoms. The maximum absolute atomic E-state index is 12.4. The molecule has 0 aliphatic heterocycles. The smallest absolute Gasteiger partial charge is 0.251 e. The molecule has 0 saturated heterocycles. The van der Waals surface area contributed by atoms with Gasteiger partial charge >= 0.3 is 0 Å². The average Bonchev–Trinajstić information content (AvgIpc) is 3.28. The second kappa shape index (κ2) is 7.37. The van der Waals surface area contributed by atoms with Crippen LogP contribution in [-0.2, 0) is 0 Å². The first-order valence-electron chi connectivity index (χ1n) is 7.58. The molecular weight excluding hydrogens is 322 g/mol. The fraction of sp³-hybridized carbons (Fsp3) is 0.235. The van der Waals surface area contributed by atoms with Crippen LogP contribution >= 0.6 is 11.3 Å². The molecule has 24 heavy (non-hydrogen) atoms. The topological polar surface area (TPSA) is 63.1 Å². The highest BCUT2D eigenvalue weighted by Crippen LogP contribution is 2.22. The first kappa shape index (κ1) is 16.4. The molecule has 0 saturated carbocycles. The van der Waals surface area contributed by atoms with Crippen LogP contribution < -0.4 is 5.32 Å². The number of nitrogens with zero attached hydrogens (tertiary/aromatic N) is 4. The van der Waals surface area contributed by atoms with Crippen LogP contribution in [0.3, 0.4) is 0 Å². The molecule has 1 unspecified atom stereocenters. The Bertz CT molecular complexity index is 766. The van der Waals surface area contributed by atoms with Crippen LogP contribution in [0, 0.1) is 0 Å². The van der Waals surface area contributed by atoms with E-state index in [2.05, 4.69) is 31.7 Å². The molecule has 124 valence electrons. The largest absolute Gasteiger partial charge is 0.350 e. The van der Waals surface area contributed by atoms with Crippen molar-refractivity contribution >= 4 is 17.2 Å². The van der Waals surface area contributed by atoms with Gasteiger partial charge in [-0.2, -0.15) is 5.10 Å². The van der Waals surface area contributed by atoms with Gasteiger partial charge in [0.1, 0.15) is 12.7 Å². The number of carbonyl (C=O) groups excluding carboxylic acids is 1. The van der Waals surface area contributed by atoms with E-state index in [4.69, 9.17) is 0 Å². The van der Waals surface area contributed by atoms with E-state index in [0.29, 0.717) is 12.1 Å². The Morgan fingerprint density at radius 1 is 1.29 bits per heavy atom. The molecule has 0 radical (unpaired) electrons. The van der Waals surface area contributed by atoms with Crippen molar-refractivity contribution in [2.45, 2.75) is 6.04 Å². The third-order valence-electron chi connectivity index (χ3n) is 3.76. The van der Waals surface area contributed by atoms with Crippen molar-refractivity contribution in [1.82, 2.24) is 25.0 Å². The van der Waals surface area contributed by atoms with Crippen molar-refractivity contribution < 1.29 is 4.79 Å². The summed E-state index contributed by atoms with van der Waals surface area (Å²) in [7, 11) is 4.03. The van der Waals surface area contributed by atoms with E-state index in [-0.39, 0.29) is 11.9 Å². The lowest BCUT2D eigenvalue weighted by atomic mass is 10.1. The molecule has 1 atom stereocenters. The van der Waals surface area contributed by atoms with Gasteiger partial charge < -0.3 is 10.2 Å². The minimum absolute atomic E-state index is 0.0800. The monoisotopic (exact) mass is 341 g/mol. The van der Waals surface area contributed by atoms with Crippen molar-refractivity contribution in [3.63, 3.8) is 0 Å². The maximum atomic E-state index is 12.4. The highest BCUT2D eigenvalue weighted by atomic mass is 32.1. The molecule has 3 rings (SSSR count). The summed E-state index contributed by atoms with van der Waals surface area (Å²) in [6.45, 7) is 0.567. The second-order valence-corrected chi connectivity index (χ2v) is 6.57. The molecule has 1 aromatic carbocycles. The Kier molecular flexibility index (Phi) is 5.02. The Balaban J connectivity index is 1.64. The molecule has 3 aromatic rings. The Labute approximate surface area is 144 Å². The summed E-state index contributed by atoms with van der Waals surface area (Å²) in [5.41, 5.74) is 1.50. The lowest BCUT2D eigenvalue weighted by molar-refractivity contribution is 0.0942. The van der Waals surface area contributed by atoms with Gasteiger partial charge in [0.15, 0.2) is 0 Å². The molecule has 0 bridgehead atoms. The lowest BCUT2D eigenvalue weighted by Gasteiger charge is -2.23. The van der Waals surface area contributed by atoms with Gasteiger partial charge in [0.05, 0.1) is 11.7 Å². The number of thiophene rings is 1. The van der Waals surface area contributed by atoms with Crippen molar-refractivity contribution in [1.29, 1.82) is 0 Å². The minimum Gasteiger partial charge on any atom is -0.350 e. The van der Waals surface area contributed by atoms with Gasteiger partial charge in [-0.05, 0) is 49.8 Å². The molecular formula is C17H19N5OS. The molecule has 0 aliphatic rings. The highest BCUT2D eigenvalue weighted by Gasteiger charge is 2.16. The summed E-state index contributed by atoms with van der Waals surface area (Å²) in [5, 5.41) is 9.14. The quantitative estimate of drug-likeness (QED) is 0.748. The highest BCUT2D eigenvalue weighted by molar-refractivity contribution is 7.10. The van der Waals surface area contributed by atoms with Crippen molar-refractivity contribution in [3.05, 3.63) is 64.9 Å². The number of rotatable bonds is 6. The third-order valence-corrected chi connectivity index (χ3v) is 4.74. The van der Waals surface area contributed by atoms with Gasteiger partial charge in [-0.25, -0.2) is 9.67 Å². The molecule has 7 heteroatoms. The van der Waals surface area contributed by atoms with Crippen molar-refractivity contribution in [3.8, 4) is 5.69 Å². The molecule has 0 aliphatic carbocycles. The van der Waals surface area contributed by atoms with Crippen molar-refractivity contribution in [2.75, 3.05) is 20.6 Å². The summed E-state index contributed by atoms with van der Waals surface area (Å²) in [6, 6.07) is 11.6. The number of nitrogens with one attached hydrogen (secondary N) is 1. The molecule has 1 N–H and O–H groups in total. The van der Waals surface area contributed by atoms with E-state index in [1.54, 1.807) is 34.5 Å². The fourth-order valence-electron chi connectivity index (χ4n) is 2.42. The standard InChI is InChI=1S/C17H19N5OS/c1-21(2)15(16-4-3-9-24-16)10-19-17(23)13-5-7-14(8-6-13)22-12-18-11-20-22/h3-9,11-12,15H,10H2,1-2H3,(H,19,23). The number of carbonyl (C=O) groups is 1. The molecule has 1 amide bonds. The van der Waals surface area contributed by atoms with E-state index in [0.717, 1.165) is 5.69 Å². The van der Waals surface area contributed by atoms with E-state index in [1.165, 1.54) is 11.2 Å². The van der Waals surface area contributed by atoms with Gasteiger partial charge in [0.25, 0.3) is 5.91 Å². The van der Waals surface area contributed by atoms with E-state index >= 15 is 0 Å².